The van der Waals surface area contributed by atoms with E-state index < -0.39 is 12.1 Å². The van der Waals surface area contributed by atoms with E-state index in [-0.39, 0.29) is 23.9 Å². The first-order chi connectivity index (χ1) is 17.7. The maximum atomic E-state index is 12.2. The summed E-state index contributed by atoms with van der Waals surface area (Å²) in [6, 6.07) is 19.5. The van der Waals surface area contributed by atoms with Crippen LogP contribution in [-0.2, 0) is 20.5 Å². The number of aliphatic hydroxyl groups is 1. The summed E-state index contributed by atoms with van der Waals surface area (Å²) in [5, 5.41) is 22.8. The van der Waals surface area contributed by atoms with Gasteiger partial charge in [0.1, 0.15) is 35.5 Å². The van der Waals surface area contributed by atoms with Crippen LogP contribution in [-0.4, -0.2) is 50.6 Å². The van der Waals surface area contributed by atoms with Crippen LogP contribution in [0.15, 0.2) is 71.5 Å². The second-order valence-corrected chi connectivity index (χ2v) is 9.08. The van der Waals surface area contributed by atoms with Crippen LogP contribution >= 0.6 is 0 Å². The summed E-state index contributed by atoms with van der Waals surface area (Å²) in [5.41, 5.74) is 2.67. The fraction of sp³-hybridized carbons (Fsp3) is 0.286. The first-order valence-electron chi connectivity index (χ1n) is 12.0. The molecule has 0 aliphatic heterocycles. The maximum absolute atomic E-state index is 12.2. The zero-order valence-electron chi connectivity index (χ0n) is 21.0. The lowest BCUT2D eigenvalue weighted by molar-refractivity contribution is 0.0697. The van der Waals surface area contributed by atoms with Gasteiger partial charge in [-0.15, -0.1) is 0 Å². The fourth-order valence-electron chi connectivity index (χ4n) is 4.16. The molecule has 0 bridgehead atoms. The van der Waals surface area contributed by atoms with E-state index in [1.165, 1.54) is 12.1 Å². The number of carboxylic acids is 1. The maximum Gasteiger partial charge on any atom is 0.335 e. The predicted octanol–water partition coefficient (Wildman–Crippen LogP) is 3.33. The lowest BCUT2D eigenvalue weighted by Gasteiger charge is -2.18. The minimum Gasteiger partial charge on any atom is -0.489 e. The van der Waals surface area contributed by atoms with Gasteiger partial charge in [0, 0.05) is 26.7 Å². The van der Waals surface area contributed by atoms with Gasteiger partial charge in [-0.05, 0) is 67.4 Å². The number of hydrogen-bond donors (Lipinski definition) is 3. The Bertz CT molecular complexity index is 1420. The predicted molar refractivity (Wildman–Crippen MR) is 141 cm³/mol. The van der Waals surface area contributed by atoms with Crippen LogP contribution in [0.3, 0.4) is 0 Å². The highest BCUT2D eigenvalue weighted by molar-refractivity contribution is 5.87. The van der Waals surface area contributed by atoms with Crippen molar-refractivity contribution in [2.45, 2.75) is 25.5 Å². The van der Waals surface area contributed by atoms with Gasteiger partial charge in [-0.2, -0.15) is 0 Å². The monoisotopic (exact) mass is 505 g/mol. The van der Waals surface area contributed by atoms with E-state index in [2.05, 4.69) is 5.32 Å². The van der Waals surface area contributed by atoms with Crippen LogP contribution < -0.4 is 20.5 Å². The third-order valence-electron chi connectivity index (χ3n) is 6.18. The average Bonchev–Trinajstić information content (AvgIpc) is 3.12. The Morgan fingerprint density at radius 2 is 1.62 bits per heavy atom. The molecule has 0 spiro atoms. The van der Waals surface area contributed by atoms with Gasteiger partial charge in [0.25, 0.3) is 0 Å². The number of para-hydroxylation sites is 1. The van der Waals surface area contributed by atoms with Crippen LogP contribution in [0.1, 0.15) is 22.8 Å². The minimum atomic E-state index is -0.975. The lowest BCUT2D eigenvalue weighted by Crippen LogP contribution is -2.37. The Kier molecular flexibility index (Phi) is 7.95. The number of carbonyl (C=O) groups is 1. The van der Waals surface area contributed by atoms with Crippen LogP contribution in [0.25, 0.3) is 11.0 Å². The lowest BCUT2D eigenvalue weighted by atomic mass is 10.1. The zero-order chi connectivity index (χ0) is 26.5. The summed E-state index contributed by atoms with van der Waals surface area (Å²) in [7, 11) is 3.42. The molecule has 1 aromatic heterocycles. The van der Waals surface area contributed by atoms with Gasteiger partial charge in [0.2, 0.25) is 0 Å². The SMILES string of the molecule is CC(Cc1ccc(Oc2ccc(C(=O)O)cc2)cc1)NC[C@H](O)COc1cccc2c1n(C)c(=O)n2C. The number of ether oxygens (including phenoxy) is 2. The van der Waals surface area contributed by atoms with Crippen LogP contribution in [0, 0.1) is 0 Å². The average molecular weight is 506 g/mol. The standard InChI is InChI=1S/C28H31N3O6/c1-18(15-19-7-11-22(12-8-19)37-23-13-9-20(10-14-23)27(33)34)29-16-21(32)17-36-25-6-4-5-24-26(25)31(3)28(35)30(24)2/h4-14,18,21,29,32H,15-17H2,1-3H3,(H,33,34)/t18?,21-/m0/s1. The van der Waals surface area contributed by atoms with Crippen molar-refractivity contribution >= 4 is 17.0 Å². The Morgan fingerprint density at radius 1 is 0.973 bits per heavy atom. The zero-order valence-corrected chi connectivity index (χ0v) is 21.0. The number of benzene rings is 3. The summed E-state index contributed by atoms with van der Waals surface area (Å²) in [5.74, 6) is 0.808. The second-order valence-electron chi connectivity index (χ2n) is 9.08. The number of carboxylic acid groups (broad SMARTS) is 1. The third-order valence-corrected chi connectivity index (χ3v) is 6.18. The van der Waals surface area contributed by atoms with E-state index in [0.29, 0.717) is 29.3 Å². The van der Waals surface area contributed by atoms with Crippen molar-refractivity contribution < 1.29 is 24.5 Å². The molecule has 1 unspecified atom stereocenters. The van der Waals surface area contributed by atoms with E-state index >= 15 is 0 Å². The van der Waals surface area contributed by atoms with Crippen LogP contribution in [0.4, 0.5) is 0 Å². The summed E-state index contributed by atoms with van der Waals surface area (Å²) in [4.78, 5) is 23.2. The smallest absolute Gasteiger partial charge is 0.335 e. The molecule has 0 fully saturated rings. The van der Waals surface area contributed by atoms with E-state index in [1.807, 2.05) is 43.3 Å². The molecule has 194 valence electrons. The molecule has 0 saturated heterocycles. The molecule has 0 aliphatic carbocycles. The van der Waals surface area contributed by atoms with Gasteiger partial charge < -0.3 is 25.0 Å². The molecule has 0 amide bonds. The molecular formula is C28H31N3O6. The van der Waals surface area contributed by atoms with Gasteiger partial charge in [-0.1, -0.05) is 18.2 Å². The highest BCUT2D eigenvalue weighted by Crippen LogP contribution is 2.24. The number of aromatic carboxylic acids is 1. The van der Waals surface area contributed by atoms with Crippen molar-refractivity contribution in [3.05, 3.63) is 88.3 Å². The van der Waals surface area contributed by atoms with Crippen molar-refractivity contribution in [2.24, 2.45) is 14.1 Å². The Hall–Kier alpha value is -4.08. The molecule has 4 rings (SSSR count). The van der Waals surface area contributed by atoms with Gasteiger partial charge >= 0.3 is 11.7 Å². The molecule has 4 aromatic rings. The Labute approximate surface area is 214 Å². The minimum absolute atomic E-state index is 0.0986. The normalized spacial score (nSPS) is 12.9. The van der Waals surface area contributed by atoms with E-state index in [9.17, 15) is 14.7 Å². The number of rotatable bonds is 11. The van der Waals surface area contributed by atoms with Crippen LogP contribution in [0.2, 0.25) is 0 Å². The number of aryl methyl sites for hydroxylation is 2. The number of imidazole rings is 1. The number of aliphatic hydroxyl groups excluding tert-OH is 1. The number of nitrogens with zero attached hydrogens (tertiary/aromatic N) is 2. The molecule has 0 radical (unpaired) electrons. The number of nitrogens with one attached hydrogen (secondary N) is 1. The quantitative estimate of drug-likeness (QED) is 0.286. The van der Waals surface area contributed by atoms with Crippen molar-refractivity contribution in [3.8, 4) is 17.2 Å². The van der Waals surface area contributed by atoms with Crippen LogP contribution in [0.5, 0.6) is 17.2 Å². The van der Waals surface area contributed by atoms with E-state index in [1.54, 1.807) is 41.4 Å². The Balaban J connectivity index is 1.24. The Morgan fingerprint density at radius 3 is 2.27 bits per heavy atom. The molecule has 9 heteroatoms. The molecule has 2 atom stereocenters. The van der Waals surface area contributed by atoms with Gasteiger partial charge in [0.05, 0.1) is 11.1 Å². The number of hydrogen-bond acceptors (Lipinski definition) is 6. The molecule has 3 aromatic carbocycles. The summed E-state index contributed by atoms with van der Waals surface area (Å²) >= 11 is 0. The van der Waals surface area contributed by atoms with Crippen molar-refractivity contribution in [1.29, 1.82) is 0 Å². The third kappa shape index (κ3) is 6.19. The first-order valence-corrected chi connectivity index (χ1v) is 12.0. The molecule has 0 aliphatic rings. The van der Waals surface area contributed by atoms with Gasteiger partial charge in [-0.25, -0.2) is 9.59 Å². The summed E-state index contributed by atoms with van der Waals surface area (Å²) in [6.07, 6.45) is 0.0359. The van der Waals surface area contributed by atoms with Gasteiger partial charge in [-0.3, -0.25) is 9.13 Å². The number of fused-ring (bicyclic) bond motifs is 1. The fourth-order valence-corrected chi connectivity index (χ4v) is 4.16. The summed E-state index contributed by atoms with van der Waals surface area (Å²) < 4.78 is 14.7. The first kappa shape index (κ1) is 26.0. The van der Waals surface area contributed by atoms with E-state index in [4.69, 9.17) is 14.6 Å². The topological polar surface area (TPSA) is 115 Å². The molecule has 3 N–H and O–H groups in total. The van der Waals surface area contributed by atoms with Crippen molar-refractivity contribution in [1.82, 2.24) is 14.5 Å². The molecule has 9 nitrogen and oxygen atoms in total. The highest BCUT2D eigenvalue weighted by atomic mass is 16.5. The largest absolute Gasteiger partial charge is 0.489 e. The summed E-state index contributed by atoms with van der Waals surface area (Å²) in [6.45, 7) is 2.50. The molecule has 1 heterocycles. The van der Waals surface area contributed by atoms with E-state index in [0.717, 1.165) is 17.5 Å². The van der Waals surface area contributed by atoms with Gasteiger partial charge in [0.15, 0.2) is 0 Å². The number of aromatic nitrogens is 2. The highest BCUT2D eigenvalue weighted by Gasteiger charge is 2.14. The van der Waals surface area contributed by atoms with Crippen molar-refractivity contribution in [2.75, 3.05) is 13.2 Å². The molecule has 37 heavy (non-hydrogen) atoms. The van der Waals surface area contributed by atoms with Crippen molar-refractivity contribution in [3.63, 3.8) is 0 Å². The second kappa shape index (κ2) is 11.3. The molecule has 0 saturated carbocycles. The molecular weight excluding hydrogens is 474 g/mol.